The lowest BCUT2D eigenvalue weighted by atomic mass is 10.2. The van der Waals surface area contributed by atoms with Gasteiger partial charge in [-0.2, -0.15) is 0 Å². The van der Waals surface area contributed by atoms with Gasteiger partial charge in [0.25, 0.3) is 0 Å². The van der Waals surface area contributed by atoms with E-state index in [2.05, 4.69) is 27.2 Å². The number of urea groups is 1. The summed E-state index contributed by atoms with van der Waals surface area (Å²) in [5, 5.41) is 10.4. The van der Waals surface area contributed by atoms with Gasteiger partial charge in [-0.25, -0.2) is 4.79 Å². The summed E-state index contributed by atoms with van der Waals surface area (Å²) < 4.78 is 5.23. The second-order valence-corrected chi connectivity index (χ2v) is 7.29. The van der Waals surface area contributed by atoms with Crippen LogP contribution in [0.1, 0.15) is 13.8 Å². The zero-order chi connectivity index (χ0) is 20.8. The van der Waals surface area contributed by atoms with E-state index in [0.717, 1.165) is 44.0 Å². The second-order valence-electron chi connectivity index (χ2n) is 7.29. The number of carbonyl (C=O) groups is 1. The fourth-order valence-corrected chi connectivity index (χ4v) is 3.41. The number of ether oxygens (including phenoxy) is 1. The highest BCUT2D eigenvalue weighted by Gasteiger charge is 2.19. The highest BCUT2D eigenvalue weighted by molar-refractivity contribution is 6.06. The maximum atomic E-state index is 12.2. The van der Waals surface area contributed by atoms with Gasteiger partial charge in [0, 0.05) is 43.6 Å². The lowest BCUT2D eigenvalue weighted by Crippen LogP contribution is -2.46. The molecule has 0 aliphatic carbocycles. The first kappa shape index (κ1) is 20.5. The molecule has 29 heavy (non-hydrogen) atoms. The van der Waals surface area contributed by atoms with E-state index >= 15 is 0 Å². The number of methoxy groups -OCH3 is 1. The first-order valence-electron chi connectivity index (χ1n) is 9.86. The molecule has 1 aliphatic rings. The van der Waals surface area contributed by atoms with Crippen LogP contribution in [0.15, 0.2) is 48.5 Å². The minimum atomic E-state index is -0.296. The number of piperazine rings is 1. The minimum absolute atomic E-state index is 0.0196. The molecule has 1 saturated heterocycles. The van der Waals surface area contributed by atoms with Gasteiger partial charge in [0.2, 0.25) is 0 Å². The van der Waals surface area contributed by atoms with Crippen LogP contribution in [0, 0.1) is 5.41 Å². The van der Waals surface area contributed by atoms with Gasteiger partial charge >= 0.3 is 6.03 Å². The molecule has 2 amide bonds. The predicted molar refractivity (Wildman–Crippen MR) is 119 cm³/mol. The van der Waals surface area contributed by atoms with Crippen molar-refractivity contribution in [3.8, 4) is 5.75 Å². The lowest BCUT2D eigenvalue weighted by molar-refractivity contribution is 0.247. The van der Waals surface area contributed by atoms with Crippen LogP contribution >= 0.6 is 0 Å². The number of anilines is 3. The number of hydrogen-bond donors (Lipinski definition) is 2. The standard InChI is InChI=1S/C22H29N5O2/c1-17(2)24-22(28)27(16-23)20-6-4-18(5-7-20)25-12-14-26(15-13-25)19-8-10-21(29-3)11-9-19/h4-11,16-17,23H,12-15H2,1-3H3,(H,24,28). The summed E-state index contributed by atoms with van der Waals surface area (Å²) in [5.41, 5.74) is 3.01. The summed E-state index contributed by atoms with van der Waals surface area (Å²) in [6.07, 6.45) is 1.04. The number of hydrogen-bond acceptors (Lipinski definition) is 5. The molecule has 2 N–H and O–H groups in total. The molecule has 0 bridgehead atoms. The van der Waals surface area contributed by atoms with Gasteiger partial charge in [0.05, 0.1) is 19.1 Å². The van der Waals surface area contributed by atoms with E-state index in [-0.39, 0.29) is 12.1 Å². The van der Waals surface area contributed by atoms with E-state index < -0.39 is 0 Å². The summed E-state index contributed by atoms with van der Waals surface area (Å²) in [5.74, 6) is 0.869. The van der Waals surface area contributed by atoms with Crippen LogP contribution in [0.2, 0.25) is 0 Å². The molecule has 2 aromatic rings. The molecule has 2 aromatic carbocycles. The molecule has 0 radical (unpaired) electrons. The second kappa shape index (κ2) is 9.32. The molecule has 0 aromatic heterocycles. The van der Waals surface area contributed by atoms with Crippen molar-refractivity contribution in [3.05, 3.63) is 48.5 Å². The van der Waals surface area contributed by atoms with Crippen molar-refractivity contribution in [1.82, 2.24) is 5.32 Å². The topological polar surface area (TPSA) is 71.9 Å². The van der Waals surface area contributed by atoms with E-state index in [1.165, 1.54) is 10.6 Å². The monoisotopic (exact) mass is 395 g/mol. The smallest absolute Gasteiger partial charge is 0.327 e. The summed E-state index contributed by atoms with van der Waals surface area (Å²) in [4.78, 5) is 18.2. The SMILES string of the molecule is COc1ccc(N2CCN(c3ccc(N(C=N)C(=O)NC(C)C)cc3)CC2)cc1. The van der Waals surface area contributed by atoms with Crippen molar-refractivity contribution < 1.29 is 9.53 Å². The Bertz CT molecular complexity index is 812. The normalized spacial score (nSPS) is 13.9. The Morgan fingerprint density at radius 1 is 1.00 bits per heavy atom. The summed E-state index contributed by atoms with van der Waals surface area (Å²) in [6, 6.07) is 15.7. The third-order valence-electron chi connectivity index (χ3n) is 4.97. The number of rotatable bonds is 6. The molecule has 1 aliphatic heterocycles. The van der Waals surface area contributed by atoms with Crippen molar-refractivity contribution >= 4 is 29.4 Å². The molecule has 3 rings (SSSR count). The van der Waals surface area contributed by atoms with Gasteiger partial charge in [-0.1, -0.05) is 0 Å². The first-order chi connectivity index (χ1) is 14.0. The Morgan fingerprint density at radius 3 is 1.90 bits per heavy atom. The van der Waals surface area contributed by atoms with E-state index in [1.807, 2.05) is 50.2 Å². The van der Waals surface area contributed by atoms with Gasteiger partial charge in [-0.05, 0) is 62.4 Å². The number of carbonyl (C=O) groups excluding carboxylic acids is 1. The quantitative estimate of drug-likeness (QED) is 0.580. The zero-order valence-electron chi connectivity index (χ0n) is 17.3. The minimum Gasteiger partial charge on any atom is -0.497 e. The number of amides is 2. The Balaban J connectivity index is 1.60. The van der Waals surface area contributed by atoms with Crippen LogP contribution < -0.4 is 24.8 Å². The molecule has 1 fully saturated rings. The van der Waals surface area contributed by atoms with Crippen molar-refractivity contribution in [3.63, 3.8) is 0 Å². The summed E-state index contributed by atoms with van der Waals surface area (Å²) >= 11 is 0. The van der Waals surface area contributed by atoms with Crippen molar-refractivity contribution in [2.75, 3.05) is 48.0 Å². The fraction of sp³-hybridized carbons (Fsp3) is 0.364. The Hall–Kier alpha value is -3.22. The average molecular weight is 396 g/mol. The van der Waals surface area contributed by atoms with E-state index in [0.29, 0.717) is 5.69 Å². The van der Waals surface area contributed by atoms with Gasteiger partial charge in [-0.15, -0.1) is 0 Å². The van der Waals surface area contributed by atoms with Gasteiger partial charge in [-0.3, -0.25) is 10.3 Å². The third-order valence-corrected chi connectivity index (χ3v) is 4.97. The molecule has 154 valence electrons. The molecular formula is C22H29N5O2. The highest BCUT2D eigenvalue weighted by Crippen LogP contribution is 2.24. The molecule has 0 atom stereocenters. The van der Waals surface area contributed by atoms with Crippen molar-refractivity contribution in [1.29, 1.82) is 5.41 Å². The molecule has 7 heteroatoms. The fourth-order valence-electron chi connectivity index (χ4n) is 3.41. The molecule has 1 heterocycles. The molecule has 0 spiro atoms. The van der Waals surface area contributed by atoms with Crippen LogP contribution in [0.3, 0.4) is 0 Å². The van der Waals surface area contributed by atoms with Crippen LogP contribution in [0.5, 0.6) is 5.75 Å². The van der Waals surface area contributed by atoms with Gasteiger partial charge in [0.1, 0.15) is 5.75 Å². The zero-order valence-corrected chi connectivity index (χ0v) is 17.3. The van der Waals surface area contributed by atoms with Crippen LogP contribution in [0.25, 0.3) is 0 Å². The van der Waals surface area contributed by atoms with E-state index in [1.54, 1.807) is 7.11 Å². The summed E-state index contributed by atoms with van der Waals surface area (Å²) in [7, 11) is 1.68. The summed E-state index contributed by atoms with van der Waals surface area (Å²) in [6.45, 7) is 7.53. The maximum Gasteiger partial charge on any atom is 0.327 e. The Morgan fingerprint density at radius 2 is 1.48 bits per heavy atom. The van der Waals surface area contributed by atoms with E-state index in [9.17, 15) is 4.79 Å². The Labute approximate surface area is 172 Å². The highest BCUT2D eigenvalue weighted by atomic mass is 16.5. The first-order valence-corrected chi connectivity index (χ1v) is 9.86. The Kier molecular flexibility index (Phi) is 6.59. The maximum absolute atomic E-state index is 12.2. The van der Waals surface area contributed by atoms with Crippen molar-refractivity contribution in [2.24, 2.45) is 0 Å². The van der Waals surface area contributed by atoms with Gasteiger partial charge in [0.15, 0.2) is 0 Å². The van der Waals surface area contributed by atoms with Crippen LogP contribution in [-0.4, -0.2) is 51.7 Å². The van der Waals surface area contributed by atoms with Crippen molar-refractivity contribution in [2.45, 2.75) is 19.9 Å². The largest absolute Gasteiger partial charge is 0.497 e. The molecular weight excluding hydrogens is 366 g/mol. The molecule has 7 nitrogen and oxygen atoms in total. The van der Waals surface area contributed by atoms with Gasteiger partial charge < -0.3 is 19.9 Å². The number of nitrogens with zero attached hydrogens (tertiary/aromatic N) is 3. The average Bonchev–Trinajstić information content (AvgIpc) is 2.74. The van der Waals surface area contributed by atoms with E-state index in [4.69, 9.17) is 10.1 Å². The number of nitrogens with one attached hydrogen (secondary N) is 2. The van der Waals surface area contributed by atoms with Crippen LogP contribution in [-0.2, 0) is 0 Å². The molecule has 0 saturated carbocycles. The van der Waals surface area contributed by atoms with Crippen LogP contribution in [0.4, 0.5) is 21.9 Å². The number of benzene rings is 2. The third kappa shape index (κ3) is 4.99. The lowest BCUT2D eigenvalue weighted by Gasteiger charge is -2.37. The predicted octanol–water partition coefficient (Wildman–Crippen LogP) is 3.55. The molecule has 0 unspecified atom stereocenters.